The molecule has 0 spiro atoms. The van der Waals surface area contributed by atoms with Crippen LogP contribution in [0.25, 0.3) is 0 Å². The van der Waals surface area contributed by atoms with Gasteiger partial charge in [0.05, 0.1) is 6.42 Å². The van der Waals surface area contributed by atoms with Gasteiger partial charge in [-0.1, -0.05) is 11.3 Å². The zero-order chi connectivity index (χ0) is 15.0. The molecule has 0 fully saturated rings. The third-order valence-electron chi connectivity index (χ3n) is 2.41. The van der Waals surface area contributed by atoms with Crippen LogP contribution < -0.4 is 4.90 Å². The third-order valence-corrected chi connectivity index (χ3v) is 3.37. The Morgan fingerprint density at radius 1 is 1.20 bits per heavy atom. The average molecular weight is 303 g/mol. The molecule has 0 aliphatic carbocycles. The number of ether oxygens (including phenoxy) is 1. The fraction of sp³-hybridized carbons (Fsp3) is 0.636. The number of rotatable bonds is 10. The van der Waals surface area contributed by atoms with Crippen LogP contribution in [0.1, 0.15) is 24.3 Å². The second kappa shape index (κ2) is 8.43. The number of aromatic nitrogens is 2. The van der Waals surface area contributed by atoms with Crippen LogP contribution in [0.4, 0.5) is 5.13 Å². The van der Waals surface area contributed by atoms with Crippen molar-refractivity contribution in [3.05, 3.63) is 5.01 Å². The summed E-state index contributed by atoms with van der Waals surface area (Å²) in [6, 6.07) is 0. The Balaban J connectivity index is 2.63. The number of aliphatic carboxylic acids is 2. The number of hydrogen-bond donors (Lipinski definition) is 2. The summed E-state index contributed by atoms with van der Waals surface area (Å²) < 4.78 is 4.95. The zero-order valence-electron chi connectivity index (χ0n) is 11.1. The summed E-state index contributed by atoms with van der Waals surface area (Å²) in [7, 11) is 1.55. The molecule has 1 rings (SSSR count). The van der Waals surface area contributed by atoms with Gasteiger partial charge in [0.25, 0.3) is 0 Å². The van der Waals surface area contributed by atoms with Crippen molar-refractivity contribution in [2.24, 2.45) is 0 Å². The summed E-state index contributed by atoms with van der Waals surface area (Å²) in [6.45, 7) is 1.05. The van der Waals surface area contributed by atoms with E-state index < -0.39 is 11.9 Å². The summed E-state index contributed by atoms with van der Waals surface area (Å²) in [5, 5.41) is 26.6. The lowest BCUT2D eigenvalue weighted by Crippen LogP contribution is -2.27. The standard InChI is InChI=1S/C11H17N3O5S/c1-19-7-8-12-13-11(20-8)14(6-4-10(17)18)5-2-3-9(15)16/h2-7H2,1H3,(H,15,16)(H,17,18). The molecule has 0 saturated carbocycles. The maximum absolute atomic E-state index is 10.7. The van der Waals surface area contributed by atoms with Gasteiger partial charge >= 0.3 is 11.9 Å². The zero-order valence-corrected chi connectivity index (χ0v) is 11.9. The second-order valence-corrected chi connectivity index (χ2v) is 5.08. The van der Waals surface area contributed by atoms with Crippen LogP contribution in [0.2, 0.25) is 0 Å². The lowest BCUT2D eigenvalue weighted by molar-refractivity contribution is -0.138. The maximum atomic E-state index is 10.7. The molecule has 0 amide bonds. The number of nitrogens with zero attached hydrogens (tertiary/aromatic N) is 3. The Kier molecular flexibility index (Phi) is 6.88. The summed E-state index contributed by atoms with van der Waals surface area (Å²) in [6.07, 6.45) is 0.424. The molecule has 112 valence electrons. The van der Waals surface area contributed by atoms with Crippen molar-refractivity contribution < 1.29 is 24.5 Å². The van der Waals surface area contributed by atoms with Crippen molar-refractivity contribution in [1.29, 1.82) is 0 Å². The van der Waals surface area contributed by atoms with Crippen LogP contribution in [0.5, 0.6) is 0 Å². The molecule has 8 nitrogen and oxygen atoms in total. The monoisotopic (exact) mass is 303 g/mol. The Morgan fingerprint density at radius 2 is 1.90 bits per heavy atom. The minimum Gasteiger partial charge on any atom is -0.481 e. The van der Waals surface area contributed by atoms with Gasteiger partial charge in [-0.15, -0.1) is 10.2 Å². The second-order valence-electron chi connectivity index (χ2n) is 4.04. The molecule has 0 aliphatic heterocycles. The number of carboxylic acid groups (broad SMARTS) is 2. The molecular weight excluding hydrogens is 286 g/mol. The summed E-state index contributed by atoms with van der Waals surface area (Å²) in [5.74, 6) is -1.78. The number of carbonyl (C=O) groups is 2. The van der Waals surface area contributed by atoms with Gasteiger partial charge in [0.1, 0.15) is 11.6 Å². The molecule has 0 bridgehead atoms. The molecule has 0 aliphatic rings. The van der Waals surface area contributed by atoms with Gasteiger partial charge < -0.3 is 19.8 Å². The van der Waals surface area contributed by atoms with Gasteiger partial charge in [-0.3, -0.25) is 9.59 Å². The van der Waals surface area contributed by atoms with Crippen LogP contribution in [-0.2, 0) is 20.9 Å². The van der Waals surface area contributed by atoms with Gasteiger partial charge in [-0.2, -0.15) is 0 Å². The first-order valence-electron chi connectivity index (χ1n) is 6.02. The highest BCUT2D eigenvalue weighted by Gasteiger charge is 2.14. The first kappa shape index (κ1) is 16.3. The topological polar surface area (TPSA) is 113 Å². The maximum Gasteiger partial charge on any atom is 0.305 e. The number of hydrogen-bond acceptors (Lipinski definition) is 7. The Labute approximate surface area is 120 Å². The molecule has 0 radical (unpaired) electrons. The smallest absolute Gasteiger partial charge is 0.305 e. The lowest BCUT2D eigenvalue weighted by atomic mass is 10.3. The number of carboxylic acids is 2. The summed E-state index contributed by atoms with van der Waals surface area (Å²) in [4.78, 5) is 22.9. The normalized spacial score (nSPS) is 10.4. The first-order chi connectivity index (χ1) is 9.52. The summed E-state index contributed by atoms with van der Waals surface area (Å²) in [5.41, 5.74) is 0. The van der Waals surface area contributed by atoms with Crippen LogP contribution in [0, 0.1) is 0 Å². The van der Waals surface area contributed by atoms with E-state index in [9.17, 15) is 9.59 Å². The SMILES string of the molecule is COCc1nnc(N(CCCC(=O)O)CCC(=O)O)s1. The number of methoxy groups -OCH3 is 1. The number of anilines is 1. The van der Waals surface area contributed by atoms with Crippen molar-refractivity contribution >= 4 is 28.4 Å². The molecule has 0 saturated heterocycles. The van der Waals surface area contributed by atoms with Crippen LogP contribution in [0.3, 0.4) is 0 Å². The van der Waals surface area contributed by atoms with E-state index in [0.717, 1.165) is 0 Å². The Hall–Kier alpha value is -1.74. The van der Waals surface area contributed by atoms with Crippen molar-refractivity contribution in [1.82, 2.24) is 10.2 Å². The molecule has 0 aromatic carbocycles. The van der Waals surface area contributed by atoms with Gasteiger partial charge in [-0.05, 0) is 6.42 Å². The highest BCUT2D eigenvalue weighted by molar-refractivity contribution is 7.15. The average Bonchev–Trinajstić information content (AvgIpc) is 2.81. The highest BCUT2D eigenvalue weighted by atomic mass is 32.1. The van der Waals surface area contributed by atoms with E-state index in [1.54, 1.807) is 12.0 Å². The molecular formula is C11H17N3O5S. The molecule has 0 atom stereocenters. The Morgan fingerprint density at radius 3 is 2.50 bits per heavy atom. The van der Waals surface area contributed by atoms with Crippen molar-refractivity contribution in [2.45, 2.75) is 25.9 Å². The van der Waals surface area contributed by atoms with Gasteiger partial charge in [0.15, 0.2) is 0 Å². The first-order valence-corrected chi connectivity index (χ1v) is 6.84. The molecule has 20 heavy (non-hydrogen) atoms. The van der Waals surface area contributed by atoms with E-state index in [1.165, 1.54) is 11.3 Å². The lowest BCUT2D eigenvalue weighted by Gasteiger charge is -2.19. The van der Waals surface area contributed by atoms with E-state index in [2.05, 4.69) is 10.2 Å². The quantitative estimate of drug-likeness (QED) is 0.653. The molecule has 1 heterocycles. The molecule has 9 heteroatoms. The van der Waals surface area contributed by atoms with Crippen LogP contribution >= 0.6 is 11.3 Å². The largest absolute Gasteiger partial charge is 0.481 e. The van der Waals surface area contributed by atoms with E-state index >= 15 is 0 Å². The van der Waals surface area contributed by atoms with Crippen LogP contribution in [-0.4, -0.2) is 52.5 Å². The van der Waals surface area contributed by atoms with E-state index in [-0.39, 0.29) is 19.4 Å². The van der Waals surface area contributed by atoms with Crippen molar-refractivity contribution in [3.8, 4) is 0 Å². The Bertz CT molecular complexity index is 451. The minimum atomic E-state index is -0.908. The fourth-order valence-corrected chi connectivity index (χ4v) is 2.37. The molecule has 2 N–H and O–H groups in total. The van der Waals surface area contributed by atoms with Crippen molar-refractivity contribution in [2.75, 3.05) is 25.1 Å². The van der Waals surface area contributed by atoms with E-state index in [4.69, 9.17) is 14.9 Å². The minimum absolute atomic E-state index is 0.0350. The molecule has 1 aromatic heterocycles. The van der Waals surface area contributed by atoms with E-state index in [1.807, 2.05) is 0 Å². The molecule has 0 unspecified atom stereocenters. The van der Waals surface area contributed by atoms with Crippen molar-refractivity contribution in [3.63, 3.8) is 0 Å². The summed E-state index contributed by atoms with van der Waals surface area (Å²) >= 11 is 1.31. The van der Waals surface area contributed by atoms with Crippen LogP contribution in [0.15, 0.2) is 0 Å². The van der Waals surface area contributed by atoms with Gasteiger partial charge in [0.2, 0.25) is 5.13 Å². The fourth-order valence-electron chi connectivity index (χ4n) is 1.51. The molecule has 1 aromatic rings. The van der Waals surface area contributed by atoms with Gasteiger partial charge in [0, 0.05) is 26.6 Å². The predicted molar refractivity (Wildman–Crippen MR) is 72.0 cm³/mol. The highest BCUT2D eigenvalue weighted by Crippen LogP contribution is 2.21. The van der Waals surface area contributed by atoms with Gasteiger partial charge in [-0.25, -0.2) is 0 Å². The third kappa shape index (κ3) is 5.93. The predicted octanol–water partition coefficient (Wildman–Crippen LogP) is 0.830. The van der Waals surface area contributed by atoms with E-state index in [0.29, 0.717) is 29.7 Å².